The summed E-state index contributed by atoms with van der Waals surface area (Å²) in [6.07, 6.45) is 0.212. The second-order valence-electron chi connectivity index (χ2n) is 5.10. The van der Waals surface area contributed by atoms with Crippen molar-refractivity contribution in [2.24, 2.45) is 0 Å². The number of rotatable bonds is 6. The number of nitrogens with one attached hydrogen (secondary N) is 2. The number of hydrogen-bond donors (Lipinski definition) is 2. The fourth-order valence-corrected chi connectivity index (χ4v) is 2.08. The number of hydrogen-bond acceptors (Lipinski definition) is 3. The number of aryl methyl sites for hydroxylation is 1. The van der Waals surface area contributed by atoms with Crippen molar-refractivity contribution in [1.82, 2.24) is 5.32 Å². The Morgan fingerprint density at radius 1 is 1.09 bits per heavy atom. The van der Waals surface area contributed by atoms with Gasteiger partial charge in [0.2, 0.25) is 5.91 Å². The molecule has 0 aliphatic rings. The van der Waals surface area contributed by atoms with Gasteiger partial charge in [-0.1, -0.05) is 24.3 Å². The van der Waals surface area contributed by atoms with E-state index < -0.39 is 0 Å². The molecular formula is C18H20N2O3. The van der Waals surface area contributed by atoms with E-state index in [0.29, 0.717) is 11.3 Å². The maximum absolute atomic E-state index is 12.0. The first-order valence-corrected chi connectivity index (χ1v) is 7.38. The third-order valence-electron chi connectivity index (χ3n) is 3.39. The van der Waals surface area contributed by atoms with Crippen molar-refractivity contribution >= 4 is 17.5 Å². The van der Waals surface area contributed by atoms with Crippen molar-refractivity contribution in [3.05, 3.63) is 59.7 Å². The van der Waals surface area contributed by atoms with Gasteiger partial charge in [-0.3, -0.25) is 9.59 Å². The summed E-state index contributed by atoms with van der Waals surface area (Å²) in [5, 5.41) is 5.56. The number of para-hydroxylation sites is 1. The monoisotopic (exact) mass is 312 g/mol. The maximum atomic E-state index is 12.0. The van der Waals surface area contributed by atoms with Crippen LogP contribution in [0.4, 0.5) is 5.69 Å². The highest BCUT2D eigenvalue weighted by molar-refractivity contribution is 5.95. The first-order valence-electron chi connectivity index (χ1n) is 7.38. The number of methoxy groups -OCH3 is 1. The third-order valence-corrected chi connectivity index (χ3v) is 3.39. The van der Waals surface area contributed by atoms with Crippen LogP contribution in [0.5, 0.6) is 5.75 Å². The van der Waals surface area contributed by atoms with Gasteiger partial charge in [-0.2, -0.15) is 0 Å². The molecule has 5 nitrogen and oxygen atoms in total. The Bertz CT molecular complexity index is 698. The molecule has 2 amide bonds. The van der Waals surface area contributed by atoms with Crippen molar-refractivity contribution in [2.75, 3.05) is 19.0 Å². The molecule has 2 aromatic carbocycles. The summed E-state index contributed by atoms with van der Waals surface area (Å²) >= 11 is 0. The van der Waals surface area contributed by atoms with E-state index in [0.717, 1.165) is 11.3 Å². The second-order valence-corrected chi connectivity index (χ2v) is 5.10. The minimum absolute atomic E-state index is 0.134. The van der Waals surface area contributed by atoms with E-state index >= 15 is 0 Å². The Hall–Kier alpha value is -2.82. The molecule has 0 radical (unpaired) electrons. The van der Waals surface area contributed by atoms with E-state index in [1.165, 1.54) is 0 Å². The molecule has 0 spiro atoms. The molecule has 0 fully saturated rings. The third kappa shape index (κ3) is 4.85. The average Bonchev–Trinajstić information content (AvgIpc) is 2.57. The number of anilines is 1. The number of carbonyl (C=O) groups is 2. The lowest BCUT2D eigenvalue weighted by atomic mass is 10.2. The van der Waals surface area contributed by atoms with Crippen LogP contribution in [-0.4, -0.2) is 25.5 Å². The summed E-state index contributed by atoms with van der Waals surface area (Å²) in [6, 6.07) is 14.4. The Morgan fingerprint density at radius 2 is 1.87 bits per heavy atom. The van der Waals surface area contributed by atoms with Crippen molar-refractivity contribution in [2.45, 2.75) is 13.3 Å². The Morgan fingerprint density at radius 3 is 2.61 bits per heavy atom. The molecule has 0 saturated carbocycles. The van der Waals surface area contributed by atoms with Gasteiger partial charge in [-0.25, -0.2) is 0 Å². The SMILES string of the molecule is COc1cccc(C(=O)NCCC(=O)Nc2ccccc2C)c1. The molecule has 2 N–H and O–H groups in total. The van der Waals surface area contributed by atoms with E-state index in [9.17, 15) is 9.59 Å². The van der Waals surface area contributed by atoms with Crippen LogP contribution in [0, 0.1) is 6.92 Å². The highest BCUT2D eigenvalue weighted by Gasteiger charge is 2.08. The molecule has 0 unspecified atom stereocenters. The molecular weight excluding hydrogens is 292 g/mol. The Kier molecular flexibility index (Phi) is 5.74. The van der Waals surface area contributed by atoms with Gasteiger partial charge in [0.1, 0.15) is 5.75 Å². The van der Waals surface area contributed by atoms with Crippen LogP contribution in [-0.2, 0) is 4.79 Å². The molecule has 23 heavy (non-hydrogen) atoms. The molecule has 0 bridgehead atoms. The van der Waals surface area contributed by atoms with Crippen LogP contribution in [0.1, 0.15) is 22.3 Å². The molecule has 0 heterocycles. The van der Waals surface area contributed by atoms with Crippen LogP contribution in [0.2, 0.25) is 0 Å². The van der Waals surface area contributed by atoms with Gasteiger partial charge in [-0.15, -0.1) is 0 Å². The quantitative estimate of drug-likeness (QED) is 0.862. The minimum atomic E-state index is -0.229. The lowest BCUT2D eigenvalue weighted by Gasteiger charge is -2.09. The summed E-state index contributed by atoms with van der Waals surface area (Å²) in [5.74, 6) is 0.257. The van der Waals surface area contributed by atoms with Gasteiger partial charge in [0.05, 0.1) is 7.11 Å². The lowest BCUT2D eigenvalue weighted by molar-refractivity contribution is -0.116. The van der Waals surface area contributed by atoms with Crippen molar-refractivity contribution < 1.29 is 14.3 Å². The smallest absolute Gasteiger partial charge is 0.251 e. The number of carbonyl (C=O) groups excluding carboxylic acids is 2. The zero-order valence-electron chi connectivity index (χ0n) is 13.3. The molecule has 120 valence electrons. The van der Waals surface area contributed by atoms with E-state index in [1.54, 1.807) is 31.4 Å². The van der Waals surface area contributed by atoms with E-state index in [1.807, 2.05) is 31.2 Å². The van der Waals surface area contributed by atoms with Crippen LogP contribution in [0.3, 0.4) is 0 Å². The Balaban J connectivity index is 1.81. The zero-order chi connectivity index (χ0) is 16.7. The van der Waals surface area contributed by atoms with Crippen LogP contribution >= 0.6 is 0 Å². The van der Waals surface area contributed by atoms with Gasteiger partial charge in [0.15, 0.2) is 0 Å². The van der Waals surface area contributed by atoms with Gasteiger partial charge in [0, 0.05) is 24.2 Å². The van der Waals surface area contributed by atoms with Crippen LogP contribution in [0.15, 0.2) is 48.5 Å². The molecule has 0 aromatic heterocycles. The van der Waals surface area contributed by atoms with Gasteiger partial charge in [-0.05, 0) is 36.8 Å². The molecule has 0 atom stereocenters. The van der Waals surface area contributed by atoms with E-state index in [-0.39, 0.29) is 24.8 Å². The Labute approximate surface area is 135 Å². The standard InChI is InChI=1S/C18H20N2O3/c1-13-6-3-4-9-16(13)20-17(21)10-11-19-18(22)14-7-5-8-15(12-14)23-2/h3-9,12H,10-11H2,1-2H3,(H,19,22)(H,20,21). The fraction of sp³-hybridized carbons (Fsp3) is 0.222. The van der Waals surface area contributed by atoms with Crippen molar-refractivity contribution in [3.63, 3.8) is 0 Å². The summed E-state index contributed by atoms with van der Waals surface area (Å²) in [4.78, 5) is 23.9. The lowest BCUT2D eigenvalue weighted by Crippen LogP contribution is -2.27. The first-order chi connectivity index (χ1) is 11.1. The molecule has 0 saturated heterocycles. The summed E-state index contributed by atoms with van der Waals surface area (Å²) in [5.41, 5.74) is 2.29. The fourth-order valence-electron chi connectivity index (χ4n) is 2.08. The van der Waals surface area contributed by atoms with Crippen LogP contribution in [0.25, 0.3) is 0 Å². The number of benzene rings is 2. The predicted molar refractivity (Wildman–Crippen MR) is 89.8 cm³/mol. The molecule has 0 aliphatic carbocycles. The second kappa shape index (κ2) is 7.98. The zero-order valence-corrected chi connectivity index (χ0v) is 13.3. The van der Waals surface area contributed by atoms with Crippen molar-refractivity contribution in [1.29, 1.82) is 0 Å². The van der Waals surface area contributed by atoms with Crippen molar-refractivity contribution in [3.8, 4) is 5.75 Å². The topological polar surface area (TPSA) is 67.4 Å². The first kappa shape index (κ1) is 16.5. The van der Waals surface area contributed by atoms with Crippen LogP contribution < -0.4 is 15.4 Å². The summed E-state index contributed by atoms with van der Waals surface area (Å²) in [6.45, 7) is 2.20. The summed E-state index contributed by atoms with van der Waals surface area (Å²) in [7, 11) is 1.55. The molecule has 0 aliphatic heterocycles. The highest BCUT2D eigenvalue weighted by Crippen LogP contribution is 2.13. The normalized spacial score (nSPS) is 10.0. The number of ether oxygens (including phenoxy) is 1. The van der Waals surface area contributed by atoms with E-state index in [2.05, 4.69) is 10.6 Å². The average molecular weight is 312 g/mol. The largest absolute Gasteiger partial charge is 0.497 e. The molecule has 2 rings (SSSR count). The number of amides is 2. The highest BCUT2D eigenvalue weighted by atomic mass is 16.5. The molecule has 5 heteroatoms. The van der Waals surface area contributed by atoms with Gasteiger partial charge in [0.25, 0.3) is 5.91 Å². The van der Waals surface area contributed by atoms with E-state index in [4.69, 9.17) is 4.74 Å². The minimum Gasteiger partial charge on any atom is -0.497 e. The van der Waals surface area contributed by atoms with Gasteiger partial charge >= 0.3 is 0 Å². The molecule has 2 aromatic rings. The maximum Gasteiger partial charge on any atom is 0.251 e. The van der Waals surface area contributed by atoms with Gasteiger partial charge < -0.3 is 15.4 Å². The summed E-state index contributed by atoms with van der Waals surface area (Å²) < 4.78 is 5.08. The predicted octanol–water partition coefficient (Wildman–Crippen LogP) is 2.76.